The molecule has 3 heterocycles. The maximum absolute atomic E-state index is 12.1. The second-order valence-electron chi connectivity index (χ2n) is 6.52. The fraction of sp³-hybridized carbons (Fsp3) is 0.444. The number of esters is 1. The number of ether oxygens (including phenoxy) is 4. The second-order valence-corrected chi connectivity index (χ2v) is 6.52. The van der Waals surface area contributed by atoms with Crippen molar-refractivity contribution >= 4 is 12.1 Å². The summed E-state index contributed by atoms with van der Waals surface area (Å²) >= 11 is 0. The molecule has 4 atom stereocenters. The number of methoxy groups -OCH3 is 1. The SMILES string of the molecule is COC(=O)c1cn(C2COC3C(OC(=O)NCc4ccccc4)COC32)nn1. The van der Waals surface area contributed by atoms with E-state index in [2.05, 4.69) is 20.4 Å². The van der Waals surface area contributed by atoms with E-state index in [1.54, 1.807) is 0 Å². The Labute approximate surface area is 160 Å². The molecule has 0 bridgehead atoms. The van der Waals surface area contributed by atoms with Crippen LogP contribution in [0.1, 0.15) is 22.1 Å². The van der Waals surface area contributed by atoms with Gasteiger partial charge in [0.05, 0.1) is 26.5 Å². The molecule has 2 saturated heterocycles. The van der Waals surface area contributed by atoms with Gasteiger partial charge in [0.2, 0.25) is 0 Å². The van der Waals surface area contributed by atoms with E-state index in [1.165, 1.54) is 18.0 Å². The molecule has 2 aliphatic rings. The van der Waals surface area contributed by atoms with Crippen molar-refractivity contribution in [3.63, 3.8) is 0 Å². The third-order valence-electron chi connectivity index (χ3n) is 4.76. The Balaban J connectivity index is 1.33. The molecule has 1 aromatic heterocycles. The number of hydrogen-bond acceptors (Lipinski definition) is 8. The lowest BCUT2D eigenvalue weighted by molar-refractivity contribution is 0.00287. The van der Waals surface area contributed by atoms with Gasteiger partial charge in [-0.05, 0) is 5.56 Å². The normalized spacial score (nSPS) is 25.9. The van der Waals surface area contributed by atoms with Crippen molar-refractivity contribution in [2.24, 2.45) is 0 Å². The molecule has 0 saturated carbocycles. The highest BCUT2D eigenvalue weighted by Gasteiger charge is 2.50. The highest BCUT2D eigenvalue weighted by molar-refractivity contribution is 5.86. The molecule has 10 nitrogen and oxygen atoms in total. The van der Waals surface area contributed by atoms with E-state index >= 15 is 0 Å². The molecule has 10 heteroatoms. The van der Waals surface area contributed by atoms with Crippen molar-refractivity contribution in [2.45, 2.75) is 30.9 Å². The lowest BCUT2D eigenvalue weighted by atomic mass is 10.1. The molecule has 0 radical (unpaired) electrons. The van der Waals surface area contributed by atoms with Crippen molar-refractivity contribution < 1.29 is 28.5 Å². The zero-order valence-electron chi connectivity index (χ0n) is 15.2. The van der Waals surface area contributed by atoms with Crippen LogP contribution in [0.2, 0.25) is 0 Å². The summed E-state index contributed by atoms with van der Waals surface area (Å²) < 4.78 is 23.2. The summed E-state index contributed by atoms with van der Waals surface area (Å²) in [6.45, 7) is 0.911. The number of carbonyl (C=O) groups is 2. The van der Waals surface area contributed by atoms with Crippen molar-refractivity contribution in [2.75, 3.05) is 20.3 Å². The van der Waals surface area contributed by atoms with E-state index in [-0.39, 0.29) is 24.4 Å². The summed E-state index contributed by atoms with van der Waals surface area (Å²) in [6, 6.07) is 9.28. The second kappa shape index (κ2) is 7.95. The fourth-order valence-electron chi connectivity index (χ4n) is 3.36. The number of carbonyl (C=O) groups excluding carboxylic acids is 2. The van der Waals surface area contributed by atoms with Crippen LogP contribution < -0.4 is 5.32 Å². The van der Waals surface area contributed by atoms with Crippen molar-refractivity contribution in [3.05, 3.63) is 47.8 Å². The topological polar surface area (TPSA) is 114 Å². The van der Waals surface area contributed by atoms with Gasteiger partial charge in [-0.1, -0.05) is 35.5 Å². The molecular weight excluding hydrogens is 368 g/mol. The maximum atomic E-state index is 12.1. The summed E-state index contributed by atoms with van der Waals surface area (Å²) in [6.07, 6.45) is -0.308. The molecule has 1 N–H and O–H groups in total. The first-order chi connectivity index (χ1) is 13.7. The van der Waals surface area contributed by atoms with Crippen molar-refractivity contribution in [3.8, 4) is 0 Å². The third-order valence-corrected chi connectivity index (χ3v) is 4.76. The van der Waals surface area contributed by atoms with E-state index in [0.29, 0.717) is 13.2 Å². The lowest BCUT2D eigenvalue weighted by Crippen LogP contribution is -2.36. The van der Waals surface area contributed by atoms with Gasteiger partial charge in [-0.15, -0.1) is 5.10 Å². The van der Waals surface area contributed by atoms with Gasteiger partial charge >= 0.3 is 12.1 Å². The predicted molar refractivity (Wildman–Crippen MR) is 93.4 cm³/mol. The first kappa shape index (κ1) is 18.4. The highest BCUT2D eigenvalue weighted by atomic mass is 16.6. The number of fused-ring (bicyclic) bond motifs is 1. The van der Waals surface area contributed by atoms with Gasteiger partial charge in [-0.2, -0.15) is 0 Å². The molecule has 1 amide bonds. The van der Waals surface area contributed by atoms with Crippen LogP contribution in [0.4, 0.5) is 4.79 Å². The molecular formula is C18H20N4O6. The number of aromatic nitrogens is 3. The van der Waals surface area contributed by atoms with Gasteiger partial charge in [-0.25, -0.2) is 14.3 Å². The molecule has 2 aromatic rings. The predicted octanol–water partition coefficient (Wildman–Crippen LogP) is 0.698. The number of amides is 1. The first-order valence-electron chi connectivity index (χ1n) is 8.87. The summed E-state index contributed by atoms with van der Waals surface area (Å²) in [5.41, 5.74) is 1.09. The Morgan fingerprint density at radius 1 is 1.21 bits per heavy atom. The smallest absolute Gasteiger partial charge is 0.407 e. The average Bonchev–Trinajstić information content (AvgIpc) is 3.44. The molecule has 2 fully saturated rings. The molecule has 0 aliphatic carbocycles. The van der Waals surface area contributed by atoms with E-state index in [4.69, 9.17) is 14.2 Å². The Hall–Kier alpha value is -2.98. The van der Waals surface area contributed by atoms with Gasteiger partial charge in [0.1, 0.15) is 18.2 Å². The van der Waals surface area contributed by atoms with Crippen LogP contribution in [0.5, 0.6) is 0 Å². The van der Waals surface area contributed by atoms with Gasteiger partial charge in [0.15, 0.2) is 11.8 Å². The van der Waals surface area contributed by atoms with Gasteiger partial charge < -0.3 is 24.3 Å². The molecule has 4 unspecified atom stereocenters. The standard InChI is InChI=1S/C18H20N4O6/c1-25-17(23)12-8-22(21-20-12)13-9-26-16-14(10-27-15(13)16)28-18(24)19-7-11-5-3-2-4-6-11/h2-6,8,13-16H,7,9-10H2,1H3,(H,19,24). The Morgan fingerprint density at radius 2 is 2.00 bits per heavy atom. The first-order valence-corrected chi connectivity index (χ1v) is 8.87. The van der Waals surface area contributed by atoms with E-state index in [9.17, 15) is 9.59 Å². The van der Waals surface area contributed by atoms with Gasteiger partial charge in [-0.3, -0.25) is 0 Å². The average molecular weight is 388 g/mol. The maximum Gasteiger partial charge on any atom is 0.407 e. The Bertz CT molecular complexity index is 842. The monoisotopic (exact) mass is 388 g/mol. The Morgan fingerprint density at radius 3 is 2.79 bits per heavy atom. The van der Waals surface area contributed by atoms with Crippen LogP contribution in [0.25, 0.3) is 0 Å². The quantitative estimate of drug-likeness (QED) is 0.745. The number of nitrogens with one attached hydrogen (secondary N) is 1. The summed E-state index contributed by atoms with van der Waals surface area (Å²) in [5, 5.41) is 10.5. The van der Waals surface area contributed by atoms with Crippen molar-refractivity contribution in [1.82, 2.24) is 20.3 Å². The zero-order chi connectivity index (χ0) is 19.5. The van der Waals surface area contributed by atoms with E-state index in [1.807, 2.05) is 30.3 Å². The number of alkyl carbamates (subject to hydrolysis) is 1. The highest BCUT2D eigenvalue weighted by Crippen LogP contribution is 2.35. The lowest BCUT2D eigenvalue weighted by Gasteiger charge is -2.17. The van der Waals surface area contributed by atoms with E-state index in [0.717, 1.165) is 5.56 Å². The number of benzene rings is 1. The zero-order valence-corrected chi connectivity index (χ0v) is 15.2. The third kappa shape index (κ3) is 3.69. The van der Waals surface area contributed by atoms with Gasteiger partial charge in [0, 0.05) is 6.54 Å². The van der Waals surface area contributed by atoms with Crippen LogP contribution in [0.15, 0.2) is 36.5 Å². The summed E-state index contributed by atoms with van der Waals surface area (Å²) in [5.74, 6) is -0.564. The van der Waals surface area contributed by atoms with Crippen LogP contribution in [0, 0.1) is 0 Å². The van der Waals surface area contributed by atoms with Crippen LogP contribution in [-0.2, 0) is 25.5 Å². The molecule has 0 spiro atoms. The van der Waals surface area contributed by atoms with Crippen LogP contribution >= 0.6 is 0 Å². The minimum absolute atomic E-state index is 0.108. The summed E-state index contributed by atoms with van der Waals surface area (Å²) in [7, 11) is 1.28. The number of hydrogen-bond donors (Lipinski definition) is 1. The van der Waals surface area contributed by atoms with Crippen molar-refractivity contribution in [1.29, 1.82) is 0 Å². The number of rotatable bonds is 5. The fourth-order valence-corrected chi connectivity index (χ4v) is 3.36. The summed E-state index contributed by atoms with van der Waals surface area (Å²) in [4.78, 5) is 23.6. The minimum Gasteiger partial charge on any atom is -0.464 e. The molecule has 4 rings (SSSR count). The van der Waals surface area contributed by atoms with Crippen LogP contribution in [0.3, 0.4) is 0 Å². The largest absolute Gasteiger partial charge is 0.464 e. The Kier molecular flexibility index (Phi) is 5.22. The van der Waals surface area contributed by atoms with Gasteiger partial charge in [0.25, 0.3) is 0 Å². The van der Waals surface area contributed by atoms with Crippen LogP contribution in [-0.4, -0.2) is 65.7 Å². The van der Waals surface area contributed by atoms with E-state index < -0.39 is 24.3 Å². The molecule has 28 heavy (non-hydrogen) atoms. The molecule has 2 aliphatic heterocycles. The molecule has 148 valence electrons. The number of nitrogens with zero attached hydrogens (tertiary/aromatic N) is 3. The molecule has 1 aromatic carbocycles. The minimum atomic E-state index is -0.564.